The van der Waals surface area contributed by atoms with Crippen LogP contribution in [0.15, 0.2) is 17.1 Å². The van der Waals surface area contributed by atoms with Gasteiger partial charge in [-0.3, -0.25) is 4.57 Å². The molecule has 1 aromatic heterocycles. The van der Waals surface area contributed by atoms with E-state index in [1.807, 2.05) is 0 Å². The van der Waals surface area contributed by atoms with E-state index >= 15 is 0 Å². The average Bonchev–Trinajstić information content (AvgIpc) is 2.80. The lowest BCUT2D eigenvalue weighted by molar-refractivity contribution is -0.326. The van der Waals surface area contributed by atoms with Crippen LogP contribution in [0.5, 0.6) is 0 Å². The van der Waals surface area contributed by atoms with E-state index in [1.54, 1.807) is 6.92 Å². The number of aromatic nitrogens is 2. The molecule has 5 atom stereocenters. The number of hydrogen-bond donors (Lipinski definition) is 3. The van der Waals surface area contributed by atoms with Gasteiger partial charge >= 0.3 is 5.69 Å². The van der Waals surface area contributed by atoms with Crippen molar-refractivity contribution in [3.8, 4) is 0 Å². The summed E-state index contributed by atoms with van der Waals surface area (Å²) >= 11 is 0. The van der Waals surface area contributed by atoms with Gasteiger partial charge in [0.1, 0.15) is 18.3 Å². The van der Waals surface area contributed by atoms with Gasteiger partial charge in [-0.15, -0.1) is 0 Å². The Labute approximate surface area is 127 Å². The minimum atomic E-state index is -2.10. The number of ether oxygens (including phenoxy) is 2. The summed E-state index contributed by atoms with van der Waals surface area (Å²) in [4.78, 5) is 29.7. The highest BCUT2D eigenvalue weighted by Crippen LogP contribution is 2.38. The molecular weight excluding hydrogens is 317 g/mol. The quantitative estimate of drug-likeness (QED) is 0.358. The van der Waals surface area contributed by atoms with Gasteiger partial charge in [0.05, 0.1) is 0 Å². The Morgan fingerprint density at radius 3 is 2.91 bits per heavy atom. The van der Waals surface area contributed by atoms with Crippen LogP contribution in [-0.4, -0.2) is 45.4 Å². The number of rotatable bonds is 6. The maximum atomic E-state index is 11.9. The molecule has 1 aliphatic heterocycles. The average molecular weight is 335 g/mol. The van der Waals surface area contributed by atoms with E-state index in [2.05, 4.69) is 9.66 Å². The van der Waals surface area contributed by atoms with Crippen LogP contribution < -0.4 is 11.4 Å². The van der Waals surface area contributed by atoms with Crippen molar-refractivity contribution in [3.05, 3.63) is 22.7 Å². The fraction of sp³-hybridized carbons (Fsp3) is 0.636. The second-order valence-electron chi connectivity index (χ2n) is 4.66. The normalized spacial score (nSPS) is 29.6. The predicted octanol–water partition coefficient (Wildman–Crippen LogP) is -0.466. The third kappa shape index (κ3) is 3.61. The number of aliphatic hydroxyl groups excluding tert-OH is 1. The number of nitrogens with two attached hydrogens (primary N) is 1. The molecule has 11 heteroatoms. The Morgan fingerprint density at radius 1 is 1.59 bits per heavy atom. The number of hydrogen-bond acceptors (Lipinski definition) is 9. The Morgan fingerprint density at radius 2 is 2.32 bits per heavy atom. The lowest BCUT2D eigenvalue weighted by Crippen LogP contribution is -2.34. The van der Waals surface area contributed by atoms with Gasteiger partial charge in [0.15, 0.2) is 12.5 Å². The SMILES string of the molecule is CO[C@H]1C(C)[C@@H](OOP(O)CO)O[C@H]1n1ccc(N)nc1=O. The number of nitrogen functional groups attached to an aromatic ring is 1. The van der Waals surface area contributed by atoms with E-state index in [1.165, 1.54) is 23.9 Å². The number of anilines is 1. The first kappa shape index (κ1) is 17.2. The number of nitrogens with zero attached hydrogens (tertiary/aromatic N) is 2. The molecule has 124 valence electrons. The van der Waals surface area contributed by atoms with E-state index in [4.69, 9.17) is 25.2 Å². The maximum absolute atomic E-state index is 11.9. The molecule has 1 aromatic rings. The first-order chi connectivity index (χ1) is 10.5. The number of aliphatic hydroxyl groups is 1. The van der Waals surface area contributed by atoms with E-state index in [0.717, 1.165) is 0 Å². The third-order valence-corrected chi connectivity index (χ3v) is 3.74. The highest BCUT2D eigenvalue weighted by molar-refractivity contribution is 7.45. The molecule has 2 unspecified atom stereocenters. The van der Waals surface area contributed by atoms with Crippen molar-refractivity contribution in [2.45, 2.75) is 25.5 Å². The smallest absolute Gasteiger partial charge is 0.351 e. The zero-order chi connectivity index (χ0) is 16.3. The Kier molecular flexibility index (Phi) is 5.81. The molecule has 0 aromatic carbocycles. The fourth-order valence-electron chi connectivity index (χ4n) is 2.15. The van der Waals surface area contributed by atoms with E-state index < -0.39 is 39.0 Å². The van der Waals surface area contributed by atoms with Crippen LogP contribution in [0.2, 0.25) is 0 Å². The largest absolute Gasteiger partial charge is 0.387 e. The Balaban J connectivity index is 2.16. The van der Waals surface area contributed by atoms with Crippen molar-refractivity contribution in [1.29, 1.82) is 0 Å². The molecule has 1 saturated heterocycles. The van der Waals surface area contributed by atoms with Crippen molar-refractivity contribution in [1.82, 2.24) is 9.55 Å². The van der Waals surface area contributed by atoms with Gasteiger partial charge in [-0.2, -0.15) is 14.5 Å². The monoisotopic (exact) mass is 335 g/mol. The van der Waals surface area contributed by atoms with Crippen LogP contribution in [0, 0.1) is 5.92 Å². The summed E-state index contributed by atoms with van der Waals surface area (Å²) in [6.07, 6.45) is -1.29. The molecule has 0 bridgehead atoms. The van der Waals surface area contributed by atoms with Gasteiger partial charge in [0, 0.05) is 19.2 Å². The zero-order valence-corrected chi connectivity index (χ0v) is 12.9. The van der Waals surface area contributed by atoms with Crippen LogP contribution in [0.4, 0.5) is 5.82 Å². The molecule has 0 amide bonds. The molecule has 2 heterocycles. The first-order valence-corrected chi connectivity index (χ1v) is 7.81. The van der Waals surface area contributed by atoms with Crippen LogP contribution in [-0.2, 0) is 19.0 Å². The van der Waals surface area contributed by atoms with Gasteiger partial charge in [-0.1, -0.05) is 6.92 Å². The highest BCUT2D eigenvalue weighted by Gasteiger charge is 2.45. The van der Waals surface area contributed by atoms with Crippen LogP contribution >= 0.6 is 8.38 Å². The molecule has 22 heavy (non-hydrogen) atoms. The topological polar surface area (TPSA) is 138 Å². The van der Waals surface area contributed by atoms with Crippen molar-refractivity contribution in [2.75, 3.05) is 19.2 Å². The third-order valence-electron chi connectivity index (χ3n) is 3.24. The van der Waals surface area contributed by atoms with E-state index in [0.29, 0.717) is 0 Å². The van der Waals surface area contributed by atoms with Gasteiger partial charge in [0.25, 0.3) is 0 Å². The molecule has 0 saturated carbocycles. The molecule has 1 fully saturated rings. The summed E-state index contributed by atoms with van der Waals surface area (Å²) in [5.41, 5.74) is 4.87. The predicted molar refractivity (Wildman–Crippen MR) is 75.2 cm³/mol. The van der Waals surface area contributed by atoms with Crippen LogP contribution in [0.3, 0.4) is 0 Å². The Bertz CT molecular complexity index is 557. The summed E-state index contributed by atoms with van der Waals surface area (Å²) in [5.74, 6) is -0.201. The molecule has 2 rings (SSSR count). The lowest BCUT2D eigenvalue weighted by Gasteiger charge is -2.20. The molecule has 4 N–H and O–H groups in total. The lowest BCUT2D eigenvalue weighted by atomic mass is 10.1. The number of methoxy groups -OCH3 is 1. The maximum Gasteiger partial charge on any atom is 0.351 e. The fourth-order valence-corrected chi connectivity index (χ4v) is 2.39. The molecule has 1 aliphatic rings. The van der Waals surface area contributed by atoms with Crippen LogP contribution in [0.25, 0.3) is 0 Å². The molecule has 0 aliphatic carbocycles. The summed E-state index contributed by atoms with van der Waals surface area (Å²) in [5, 5.41) is 8.71. The van der Waals surface area contributed by atoms with Gasteiger partial charge < -0.3 is 25.2 Å². The molecule has 0 spiro atoms. The van der Waals surface area contributed by atoms with Crippen LogP contribution in [0.1, 0.15) is 13.2 Å². The Hall–Kier alpha value is -1.13. The second kappa shape index (κ2) is 7.42. The van der Waals surface area contributed by atoms with E-state index in [9.17, 15) is 9.69 Å². The van der Waals surface area contributed by atoms with Gasteiger partial charge in [0.2, 0.25) is 8.38 Å². The summed E-state index contributed by atoms with van der Waals surface area (Å²) < 4.78 is 16.8. The summed E-state index contributed by atoms with van der Waals surface area (Å²) in [6.45, 7) is 1.77. The van der Waals surface area contributed by atoms with Gasteiger partial charge in [-0.05, 0) is 6.07 Å². The summed E-state index contributed by atoms with van der Waals surface area (Å²) in [6, 6.07) is 1.46. The minimum Gasteiger partial charge on any atom is -0.387 e. The molecular formula is C11H18N3O7P. The second-order valence-corrected chi connectivity index (χ2v) is 5.80. The van der Waals surface area contributed by atoms with Crippen molar-refractivity contribution in [3.63, 3.8) is 0 Å². The van der Waals surface area contributed by atoms with Crippen molar-refractivity contribution >= 4 is 14.2 Å². The van der Waals surface area contributed by atoms with Crippen molar-refractivity contribution < 1.29 is 29.0 Å². The standard InChI is InChI=1S/C11H18N3O7P/c1-6-8(18-2)9(14-4-3-7(12)13-11(14)16)19-10(6)20-21-22(17)5-15/h3-4,6,8-10,15,17H,5H2,1-2H3,(H2,12,13,16)/t6?,8-,9+,10+,22?/m0/s1. The highest BCUT2D eigenvalue weighted by atomic mass is 31.2. The summed E-state index contributed by atoms with van der Waals surface area (Å²) in [7, 11) is -0.621. The zero-order valence-electron chi connectivity index (χ0n) is 12.0. The van der Waals surface area contributed by atoms with Gasteiger partial charge in [-0.25, -0.2) is 4.79 Å². The first-order valence-electron chi connectivity index (χ1n) is 6.41. The van der Waals surface area contributed by atoms with Crippen molar-refractivity contribution in [2.24, 2.45) is 5.92 Å². The molecule has 0 radical (unpaired) electrons. The minimum absolute atomic E-state index is 0.103. The van der Waals surface area contributed by atoms with E-state index in [-0.39, 0.29) is 11.7 Å². The molecule has 10 nitrogen and oxygen atoms in total.